The van der Waals surface area contributed by atoms with Crippen molar-refractivity contribution in [1.29, 1.82) is 0 Å². The van der Waals surface area contributed by atoms with Crippen molar-refractivity contribution in [2.24, 2.45) is 0 Å². The number of carbonyl (C=O) groups excluding carboxylic acids is 1. The first-order chi connectivity index (χ1) is 13.9. The van der Waals surface area contributed by atoms with Crippen LogP contribution in [-0.2, 0) is 6.42 Å². The van der Waals surface area contributed by atoms with E-state index >= 15 is 0 Å². The molecule has 2 heterocycles. The Hall–Kier alpha value is -3.42. The number of pyridine rings is 1. The van der Waals surface area contributed by atoms with Gasteiger partial charge in [0.1, 0.15) is 17.3 Å². The molecule has 4 rings (SSSR count). The van der Waals surface area contributed by atoms with Crippen LogP contribution in [0.1, 0.15) is 39.6 Å². The first-order valence-electron chi connectivity index (χ1n) is 9.04. The Balaban J connectivity index is 1.84. The van der Waals surface area contributed by atoms with E-state index < -0.39 is 11.6 Å². The summed E-state index contributed by atoms with van der Waals surface area (Å²) in [4.78, 5) is 25.2. The van der Waals surface area contributed by atoms with Gasteiger partial charge in [-0.25, -0.2) is 23.7 Å². The fraction of sp³-hybridized carbons (Fsp3) is 0.238. The number of rotatable bonds is 3. The Labute approximate surface area is 165 Å². The molecule has 0 spiro atoms. The van der Waals surface area contributed by atoms with E-state index in [-0.39, 0.29) is 41.2 Å². The van der Waals surface area contributed by atoms with E-state index in [1.807, 2.05) is 0 Å². The van der Waals surface area contributed by atoms with E-state index in [1.54, 1.807) is 13.0 Å². The number of hydrogen-bond acceptors (Lipinski definition) is 6. The summed E-state index contributed by atoms with van der Waals surface area (Å²) in [5, 5.41) is 0. The summed E-state index contributed by atoms with van der Waals surface area (Å²) in [6, 6.07) is 6.68. The van der Waals surface area contributed by atoms with Gasteiger partial charge in [0.2, 0.25) is 11.8 Å². The van der Waals surface area contributed by atoms with Gasteiger partial charge in [-0.2, -0.15) is 0 Å². The fourth-order valence-corrected chi connectivity index (χ4v) is 3.83. The van der Waals surface area contributed by atoms with Crippen molar-refractivity contribution < 1.29 is 18.3 Å². The summed E-state index contributed by atoms with van der Waals surface area (Å²) in [7, 11) is 1.42. The van der Waals surface area contributed by atoms with Crippen LogP contribution < -0.4 is 10.5 Å². The molecule has 0 aliphatic heterocycles. The van der Waals surface area contributed by atoms with E-state index in [9.17, 15) is 13.6 Å². The number of nitrogens with zero attached hydrogens (tertiary/aromatic N) is 3. The fourth-order valence-electron chi connectivity index (χ4n) is 3.83. The van der Waals surface area contributed by atoms with Crippen molar-refractivity contribution in [3.63, 3.8) is 0 Å². The molecular formula is C21H18F2N4O2. The lowest BCUT2D eigenvalue weighted by atomic mass is 9.79. The van der Waals surface area contributed by atoms with E-state index in [4.69, 9.17) is 10.5 Å². The first kappa shape index (κ1) is 18.9. The van der Waals surface area contributed by atoms with Gasteiger partial charge in [0.05, 0.1) is 24.1 Å². The Morgan fingerprint density at radius 2 is 1.90 bits per heavy atom. The zero-order valence-corrected chi connectivity index (χ0v) is 15.9. The van der Waals surface area contributed by atoms with Gasteiger partial charge in [-0.3, -0.25) is 4.79 Å². The number of benzene rings is 1. The molecule has 0 saturated carbocycles. The third-order valence-electron chi connectivity index (χ3n) is 5.07. The number of ketones is 1. The number of ether oxygens (including phenoxy) is 1. The van der Waals surface area contributed by atoms with Crippen LogP contribution in [-0.4, -0.2) is 27.8 Å². The Morgan fingerprint density at radius 3 is 2.66 bits per heavy atom. The number of aromatic nitrogens is 3. The summed E-state index contributed by atoms with van der Waals surface area (Å²) in [6.45, 7) is 1.72. The zero-order chi connectivity index (χ0) is 20.7. The van der Waals surface area contributed by atoms with Crippen LogP contribution in [0.15, 0.2) is 30.3 Å². The van der Waals surface area contributed by atoms with Gasteiger partial charge in [0, 0.05) is 18.1 Å². The number of Topliss-reactive ketones (excluding diaryl/α,β-unsaturated/α-hetero) is 1. The highest BCUT2D eigenvalue weighted by Crippen LogP contribution is 2.38. The maximum atomic E-state index is 14.5. The molecule has 1 atom stereocenters. The van der Waals surface area contributed by atoms with Crippen LogP contribution >= 0.6 is 0 Å². The maximum absolute atomic E-state index is 14.5. The highest BCUT2D eigenvalue weighted by molar-refractivity contribution is 6.00. The van der Waals surface area contributed by atoms with Crippen molar-refractivity contribution in [2.75, 3.05) is 12.8 Å². The van der Waals surface area contributed by atoms with Crippen LogP contribution in [0.3, 0.4) is 0 Å². The molecule has 148 valence electrons. The molecule has 6 nitrogen and oxygen atoms in total. The van der Waals surface area contributed by atoms with Crippen LogP contribution in [0.25, 0.3) is 11.3 Å². The number of halogens is 2. The van der Waals surface area contributed by atoms with Gasteiger partial charge < -0.3 is 10.5 Å². The van der Waals surface area contributed by atoms with Crippen molar-refractivity contribution in [1.82, 2.24) is 15.0 Å². The van der Waals surface area contributed by atoms with Crippen LogP contribution in [0.5, 0.6) is 5.88 Å². The summed E-state index contributed by atoms with van der Waals surface area (Å²) < 4.78 is 33.7. The third kappa shape index (κ3) is 3.41. The van der Waals surface area contributed by atoms with Gasteiger partial charge in [0.15, 0.2) is 5.78 Å². The van der Waals surface area contributed by atoms with Gasteiger partial charge in [-0.15, -0.1) is 0 Å². The van der Waals surface area contributed by atoms with E-state index in [0.717, 1.165) is 0 Å². The van der Waals surface area contributed by atoms with Crippen LogP contribution in [0.4, 0.5) is 14.7 Å². The lowest BCUT2D eigenvalue weighted by molar-refractivity contribution is 0.0962. The average molecular weight is 396 g/mol. The topological polar surface area (TPSA) is 91.0 Å². The smallest absolute Gasteiger partial charge is 0.220 e. The Kier molecular flexibility index (Phi) is 4.70. The largest absolute Gasteiger partial charge is 0.481 e. The van der Waals surface area contributed by atoms with Crippen LogP contribution in [0, 0.1) is 18.6 Å². The lowest BCUT2D eigenvalue weighted by Crippen LogP contribution is -2.23. The quantitative estimate of drug-likeness (QED) is 0.727. The normalized spacial score (nSPS) is 15.9. The summed E-state index contributed by atoms with van der Waals surface area (Å²) in [5.74, 6) is -1.29. The highest BCUT2D eigenvalue weighted by Gasteiger charge is 2.31. The second-order valence-electron chi connectivity index (χ2n) is 6.93. The molecule has 1 aliphatic rings. The van der Waals surface area contributed by atoms with Crippen molar-refractivity contribution >= 4 is 11.7 Å². The van der Waals surface area contributed by atoms with E-state index in [2.05, 4.69) is 15.0 Å². The molecule has 0 fully saturated rings. The van der Waals surface area contributed by atoms with Gasteiger partial charge in [0.25, 0.3) is 0 Å². The average Bonchev–Trinajstić information content (AvgIpc) is 2.67. The standard InChI is InChI=1S/C21H18F2N4O2/c1-10-19-16(26-21(24)25-10)7-11(8-17(19)28)13-4-3-12(22)9-14(13)20-15(23)5-6-18(27-20)29-2/h3-6,9,11H,7-8H2,1-2H3,(H2,24,25,26)/t11-/m0/s1. The van der Waals surface area contributed by atoms with Crippen molar-refractivity contribution in [3.05, 3.63) is 64.5 Å². The van der Waals surface area contributed by atoms with Gasteiger partial charge >= 0.3 is 0 Å². The minimum atomic E-state index is -0.609. The molecule has 0 radical (unpaired) electrons. The molecular weight excluding hydrogens is 378 g/mol. The molecule has 0 saturated heterocycles. The summed E-state index contributed by atoms with van der Waals surface area (Å²) in [6.07, 6.45) is 0.574. The molecule has 1 aliphatic carbocycles. The predicted molar refractivity (Wildman–Crippen MR) is 103 cm³/mol. The second kappa shape index (κ2) is 7.20. The number of aryl methyl sites for hydroxylation is 1. The first-order valence-corrected chi connectivity index (χ1v) is 9.04. The molecule has 1 aromatic carbocycles. The summed E-state index contributed by atoms with van der Waals surface area (Å²) >= 11 is 0. The van der Waals surface area contributed by atoms with Gasteiger partial charge in [-0.1, -0.05) is 6.07 Å². The molecule has 29 heavy (non-hydrogen) atoms. The molecule has 2 N–H and O–H groups in total. The number of methoxy groups -OCH3 is 1. The van der Waals surface area contributed by atoms with Gasteiger partial charge in [-0.05, 0) is 43.0 Å². The maximum Gasteiger partial charge on any atom is 0.220 e. The lowest BCUT2D eigenvalue weighted by Gasteiger charge is -2.26. The van der Waals surface area contributed by atoms with E-state index in [1.165, 1.54) is 31.4 Å². The Morgan fingerprint density at radius 1 is 1.10 bits per heavy atom. The molecule has 0 unspecified atom stereocenters. The van der Waals surface area contributed by atoms with Crippen molar-refractivity contribution in [3.8, 4) is 17.1 Å². The number of carbonyl (C=O) groups is 1. The number of fused-ring (bicyclic) bond motifs is 1. The van der Waals surface area contributed by atoms with E-state index in [0.29, 0.717) is 28.9 Å². The van der Waals surface area contributed by atoms with Crippen molar-refractivity contribution in [2.45, 2.75) is 25.7 Å². The molecule has 8 heteroatoms. The number of nitrogen functional groups attached to an aromatic ring is 1. The number of hydrogen-bond donors (Lipinski definition) is 1. The number of anilines is 1. The molecule has 0 amide bonds. The second-order valence-corrected chi connectivity index (χ2v) is 6.93. The Bertz CT molecular complexity index is 1130. The monoisotopic (exact) mass is 396 g/mol. The molecule has 2 aromatic heterocycles. The minimum absolute atomic E-state index is 0.0320. The summed E-state index contributed by atoms with van der Waals surface area (Å²) in [5.41, 5.74) is 8.17. The molecule has 0 bridgehead atoms. The third-order valence-corrected chi connectivity index (χ3v) is 5.07. The minimum Gasteiger partial charge on any atom is -0.481 e. The zero-order valence-electron chi connectivity index (χ0n) is 15.9. The van der Waals surface area contributed by atoms with Crippen LogP contribution in [0.2, 0.25) is 0 Å². The SMILES string of the molecule is COc1ccc(F)c(-c2cc(F)ccc2[C@@H]2CC(=O)c3c(C)nc(N)nc3C2)n1. The number of nitrogens with two attached hydrogens (primary N) is 1. The highest BCUT2D eigenvalue weighted by atomic mass is 19.1. The molecule has 3 aromatic rings. The predicted octanol–water partition coefficient (Wildman–Crippen LogP) is 3.63.